The molecule has 4 rings (SSSR count). The van der Waals surface area contributed by atoms with Crippen molar-refractivity contribution in [2.75, 3.05) is 18.1 Å². The summed E-state index contributed by atoms with van der Waals surface area (Å²) in [5, 5.41) is 11.8. The number of carbonyl (C=O) groups is 2. The minimum atomic E-state index is -3.33. The highest BCUT2D eigenvalue weighted by Crippen LogP contribution is 2.31. The molecule has 1 heterocycles. The number of hydrogen-bond donors (Lipinski definition) is 1. The average molecular weight is 505 g/mol. The number of aromatic nitrogens is 1. The fourth-order valence-corrected chi connectivity index (χ4v) is 4.99. The lowest BCUT2D eigenvalue weighted by atomic mass is 10.1. The second kappa shape index (κ2) is 9.99. The van der Waals surface area contributed by atoms with E-state index < -0.39 is 9.84 Å². The van der Waals surface area contributed by atoms with Gasteiger partial charge in [-0.3, -0.25) is 9.59 Å². The van der Waals surface area contributed by atoms with Crippen LogP contribution in [-0.2, 0) is 9.84 Å². The summed E-state index contributed by atoms with van der Waals surface area (Å²) in [6.45, 7) is 4.09. The minimum absolute atomic E-state index is 0.118. The Morgan fingerprint density at radius 2 is 1.75 bits per heavy atom. The number of nitrogens with one attached hydrogen (secondary N) is 1. The maximum absolute atomic E-state index is 13.5. The lowest BCUT2D eigenvalue weighted by Gasteiger charge is -2.23. The lowest BCUT2D eigenvalue weighted by Crippen LogP contribution is -2.34. The molecule has 0 aliphatic heterocycles. The summed E-state index contributed by atoms with van der Waals surface area (Å²) in [6, 6.07) is 17.4. The van der Waals surface area contributed by atoms with Gasteiger partial charge in [-0.05, 0) is 69.2 Å². The molecule has 8 nitrogen and oxygen atoms in total. The Bertz CT molecular complexity index is 1460. The van der Waals surface area contributed by atoms with Gasteiger partial charge in [0.25, 0.3) is 11.8 Å². The number of carbonyl (C=O) groups excluding carboxylic acids is 2. The fourth-order valence-electron chi connectivity index (χ4n) is 4.36. The molecule has 1 saturated carbocycles. The Morgan fingerprint density at radius 1 is 1.08 bits per heavy atom. The maximum Gasteiger partial charge on any atom is 0.257 e. The highest BCUT2D eigenvalue weighted by molar-refractivity contribution is 7.90. The van der Waals surface area contributed by atoms with Crippen molar-refractivity contribution >= 4 is 27.3 Å². The van der Waals surface area contributed by atoms with Crippen molar-refractivity contribution in [1.29, 1.82) is 5.26 Å². The summed E-state index contributed by atoms with van der Waals surface area (Å²) in [5.41, 5.74) is 3.59. The molecule has 2 amide bonds. The maximum atomic E-state index is 13.5. The molecule has 1 aliphatic rings. The van der Waals surface area contributed by atoms with Gasteiger partial charge in [-0.15, -0.1) is 0 Å². The molecular formula is C27H28N4O4S. The van der Waals surface area contributed by atoms with Crippen molar-refractivity contribution < 1.29 is 18.0 Å². The Kier molecular flexibility index (Phi) is 7.00. The zero-order valence-electron chi connectivity index (χ0n) is 20.5. The predicted octanol–water partition coefficient (Wildman–Crippen LogP) is 4.27. The summed E-state index contributed by atoms with van der Waals surface area (Å²) in [6.07, 6.45) is 3.29. The summed E-state index contributed by atoms with van der Waals surface area (Å²) in [5.74, 6) is -0.452. The van der Waals surface area contributed by atoms with Crippen LogP contribution in [0.2, 0.25) is 0 Å². The van der Waals surface area contributed by atoms with Crippen LogP contribution in [0.5, 0.6) is 0 Å². The van der Waals surface area contributed by atoms with Gasteiger partial charge in [0.05, 0.1) is 34.2 Å². The van der Waals surface area contributed by atoms with E-state index in [4.69, 9.17) is 5.26 Å². The smallest absolute Gasteiger partial charge is 0.257 e. The number of para-hydroxylation sites is 1. The number of nitriles is 1. The van der Waals surface area contributed by atoms with Crippen LogP contribution in [0.25, 0.3) is 5.69 Å². The largest absolute Gasteiger partial charge is 0.335 e. The van der Waals surface area contributed by atoms with Gasteiger partial charge in [-0.2, -0.15) is 5.26 Å². The highest BCUT2D eigenvalue weighted by atomic mass is 32.2. The Hall–Kier alpha value is -3.90. The third-order valence-electron chi connectivity index (χ3n) is 6.30. The predicted molar refractivity (Wildman–Crippen MR) is 137 cm³/mol. The standard InChI is InChI=1S/C27H28N4O4S/c1-18-17-24(26(32)29-20-9-13-22(14-10-20)36(3,34)35)19(2)31(18)25-8-5-4-7-23(25)27(33)30(16-6-15-28)21-11-12-21/h4-5,7-10,13-14,17,21H,6,11-12,16H2,1-3H3,(H,29,32). The normalized spacial score (nSPS) is 13.2. The van der Waals surface area contributed by atoms with Crippen LogP contribution in [0.3, 0.4) is 0 Å². The first-order valence-electron chi connectivity index (χ1n) is 11.7. The first-order valence-corrected chi connectivity index (χ1v) is 13.6. The van der Waals surface area contributed by atoms with Crippen LogP contribution in [0.1, 0.15) is 51.4 Å². The number of anilines is 1. The average Bonchev–Trinajstić information content (AvgIpc) is 3.63. The minimum Gasteiger partial charge on any atom is -0.335 e. The molecule has 3 aromatic rings. The molecule has 1 aromatic heterocycles. The summed E-state index contributed by atoms with van der Waals surface area (Å²) >= 11 is 0. The van der Waals surface area contributed by atoms with Crippen molar-refractivity contribution in [3.63, 3.8) is 0 Å². The molecule has 1 fully saturated rings. The van der Waals surface area contributed by atoms with Crippen LogP contribution in [-0.4, -0.2) is 48.5 Å². The van der Waals surface area contributed by atoms with Gasteiger partial charge in [0, 0.05) is 35.9 Å². The van der Waals surface area contributed by atoms with Crippen LogP contribution in [0, 0.1) is 25.2 Å². The van der Waals surface area contributed by atoms with Gasteiger partial charge in [-0.25, -0.2) is 8.42 Å². The van der Waals surface area contributed by atoms with E-state index in [1.165, 1.54) is 12.1 Å². The molecule has 2 aromatic carbocycles. The van der Waals surface area contributed by atoms with Gasteiger partial charge in [0.1, 0.15) is 0 Å². The van der Waals surface area contributed by atoms with E-state index in [2.05, 4.69) is 11.4 Å². The zero-order chi connectivity index (χ0) is 26.0. The Labute approximate surface area is 211 Å². The van der Waals surface area contributed by atoms with E-state index in [0.717, 1.165) is 24.8 Å². The number of benzene rings is 2. The van der Waals surface area contributed by atoms with Gasteiger partial charge >= 0.3 is 0 Å². The number of sulfone groups is 1. The van der Waals surface area contributed by atoms with Gasteiger partial charge < -0.3 is 14.8 Å². The van der Waals surface area contributed by atoms with Crippen LogP contribution < -0.4 is 5.32 Å². The molecule has 186 valence electrons. The van der Waals surface area contributed by atoms with E-state index in [9.17, 15) is 18.0 Å². The molecule has 1 N–H and O–H groups in total. The molecule has 0 bridgehead atoms. The number of rotatable bonds is 8. The third-order valence-corrected chi connectivity index (χ3v) is 7.43. The fraction of sp³-hybridized carbons (Fsp3) is 0.296. The molecule has 36 heavy (non-hydrogen) atoms. The molecule has 0 radical (unpaired) electrons. The number of hydrogen-bond acceptors (Lipinski definition) is 5. The molecule has 9 heteroatoms. The van der Waals surface area contributed by atoms with Crippen LogP contribution in [0.15, 0.2) is 59.5 Å². The molecular weight excluding hydrogens is 476 g/mol. The van der Waals surface area contributed by atoms with Gasteiger partial charge in [0.15, 0.2) is 9.84 Å². The molecule has 0 spiro atoms. The molecule has 0 saturated heterocycles. The van der Waals surface area contributed by atoms with Crippen molar-refractivity contribution in [2.45, 2.75) is 44.0 Å². The van der Waals surface area contributed by atoms with E-state index in [0.29, 0.717) is 34.7 Å². The third kappa shape index (κ3) is 5.19. The quantitative estimate of drug-likeness (QED) is 0.492. The number of nitrogens with zero attached hydrogens (tertiary/aromatic N) is 3. The summed E-state index contributed by atoms with van der Waals surface area (Å²) < 4.78 is 25.3. The van der Waals surface area contributed by atoms with Gasteiger partial charge in [-0.1, -0.05) is 12.1 Å². The molecule has 1 aliphatic carbocycles. The first kappa shape index (κ1) is 25.2. The van der Waals surface area contributed by atoms with Crippen molar-refractivity contribution in [3.8, 4) is 11.8 Å². The van der Waals surface area contributed by atoms with Crippen molar-refractivity contribution in [1.82, 2.24) is 9.47 Å². The lowest BCUT2D eigenvalue weighted by molar-refractivity contribution is 0.0746. The van der Waals surface area contributed by atoms with E-state index in [1.54, 1.807) is 29.2 Å². The van der Waals surface area contributed by atoms with Crippen molar-refractivity contribution in [3.05, 3.63) is 77.1 Å². The SMILES string of the molecule is Cc1cc(C(=O)Nc2ccc(S(C)(=O)=O)cc2)c(C)n1-c1ccccc1C(=O)N(CCC#N)C1CC1. The summed E-state index contributed by atoms with van der Waals surface area (Å²) in [7, 11) is -3.33. The molecule has 0 unspecified atom stereocenters. The molecule has 0 atom stereocenters. The van der Waals surface area contributed by atoms with E-state index in [1.807, 2.05) is 36.6 Å². The van der Waals surface area contributed by atoms with E-state index >= 15 is 0 Å². The van der Waals surface area contributed by atoms with Crippen LogP contribution in [0.4, 0.5) is 5.69 Å². The zero-order valence-corrected chi connectivity index (χ0v) is 21.3. The van der Waals surface area contributed by atoms with Crippen molar-refractivity contribution in [2.24, 2.45) is 0 Å². The number of aryl methyl sites for hydroxylation is 1. The topological polar surface area (TPSA) is 112 Å². The Balaban J connectivity index is 1.64. The monoisotopic (exact) mass is 504 g/mol. The second-order valence-electron chi connectivity index (χ2n) is 9.03. The summed E-state index contributed by atoms with van der Waals surface area (Å²) in [4.78, 5) is 28.6. The van der Waals surface area contributed by atoms with Gasteiger partial charge in [0.2, 0.25) is 0 Å². The van der Waals surface area contributed by atoms with E-state index in [-0.39, 0.29) is 29.2 Å². The number of amides is 2. The first-order chi connectivity index (χ1) is 17.1. The highest BCUT2D eigenvalue weighted by Gasteiger charge is 2.34. The Morgan fingerprint density at radius 3 is 2.36 bits per heavy atom. The second-order valence-corrected chi connectivity index (χ2v) is 11.0. The van der Waals surface area contributed by atoms with Crippen LogP contribution >= 0.6 is 0 Å².